The SMILES string of the molecule is CC(NCC(C)(O)C(C)C)c1ccc(S(=O)(=O)N(C)C)cc1. The molecule has 0 aromatic heterocycles. The van der Waals surface area contributed by atoms with Crippen LogP contribution in [0, 0.1) is 5.92 Å². The van der Waals surface area contributed by atoms with Crippen molar-refractivity contribution in [3.05, 3.63) is 29.8 Å². The van der Waals surface area contributed by atoms with E-state index in [1.165, 1.54) is 18.4 Å². The molecule has 0 fully saturated rings. The predicted molar refractivity (Wildman–Crippen MR) is 89.2 cm³/mol. The summed E-state index contributed by atoms with van der Waals surface area (Å²) >= 11 is 0. The lowest BCUT2D eigenvalue weighted by Gasteiger charge is -2.29. The molecule has 0 spiro atoms. The molecule has 0 bridgehead atoms. The minimum absolute atomic E-state index is 0.0290. The van der Waals surface area contributed by atoms with Crippen molar-refractivity contribution < 1.29 is 13.5 Å². The third kappa shape index (κ3) is 4.52. The summed E-state index contributed by atoms with van der Waals surface area (Å²) in [6.07, 6.45) is 0. The van der Waals surface area contributed by atoms with Gasteiger partial charge in [-0.25, -0.2) is 12.7 Å². The molecule has 22 heavy (non-hydrogen) atoms. The van der Waals surface area contributed by atoms with Crippen LogP contribution in [-0.2, 0) is 10.0 Å². The molecule has 0 amide bonds. The van der Waals surface area contributed by atoms with Gasteiger partial charge < -0.3 is 10.4 Å². The number of aliphatic hydroxyl groups is 1. The topological polar surface area (TPSA) is 69.6 Å². The standard InChI is InChI=1S/C16H28N2O3S/c1-12(2)16(4,19)11-17-13(3)14-7-9-15(10-8-14)22(20,21)18(5)6/h7-10,12-13,17,19H,11H2,1-6H3. The van der Waals surface area contributed by atoms with E-state index in [1.807, 2.05) is 27.7 Å². The Bertz CT molecular complexity index is 578. The first kappa shape index (κ1) is 19.1. The highest BCUT2D eigenvalue weighted by Gasteiger charge is 2.25. The molecule has 0 aliphatic carbocycles. The van der Waals surface area contributed by atoms with Crippen molar-refractivity contribution in [2.45, 2.75) is 44.2 Å². The highest BCUT2D eigenvalue weighted by Crippen LogP contribution is 2.20. The van der Waals surface area contributed by atoms with Gasteiger partial charge in [0.05, 0.1) is 10.5 Å². The van der Waals surface area contributed by atoms with Crippen molar-refractivity contribution in [1.29, 1.82) is 0 Å². The van der Waals surface area contributed by atoms with Crippen LogP contribution in [0.15, 0.2) is 29.2 Å². The Labute approximate surface area is 134 Å². The van der Waals surface area contributed by atoms with E-state index >= 15 is 0 Å². The minimum Gasteiger partial charge on any atom is -0.389 e. The van der Waals surface area contributed by atoms with Crippen LogP contribution in [0.3, 0.4) is 0 Å². The van der Waals surface area contributed by atoms with Crippen molar-refractivity contribution in [3.63, 3.8) is 0 Å². The predicted octanol–water partition coefficient (Wildman–Crippen LogP) is 1.99. The lowest BCUT2D eigenvalue weighted by Crippen LogP contribution is -2.42. The zero-order valence-electron chi connectivity index (χ0n) is 14.3. The molecule has 1 aromatic carbocycles. The molecule has 0 radical (unpaired) electrons. The van der Waals surface area contributed by atoms with Crippen molar-refractivity contribution in [1.82, 2.24) is 9.62 Å². The number of nitrogens with zero attached hydrogens (tertiary/aromatic N) is 1. The highest BCUT2D eigenvalue weighted by atomic mass is 32.2. The first-order valence-electron chi connectivity index (χ1n) is 7.46. The van der Waals surface area contributed by atoms with Gasteiger partial charge in [0.1, 0.15) is 0 Å². The molecule has 2 unspecified atom stereocenters. The van der Waals surface area contributed by atoms with Crippen LogP contribution < -0.4 is 5.32 Å². The number of rotatable bonds is 7. The Morgan fingerprint density at radius 1 is 1.18 bits per heavy atom. The van der Waals surface area contributed by atoms with Gasteiger partial charge >= 0.3 is 0 Å². The van der Waals surface area contributed by atoms with Gasteiger partial charge in [0, 0.05) is 26.7 Å². The van der Waals surface area contributed by atoms with Crippen molar-refractivity contribution in [2.75, 3.05) is 20.6 Å². The maximum Gasteiger partial charge on any atom is 0.242 e. The van der Waals surface area contributed by atoms with E-state index in [0.717, 1.165) is 5.56 Å². The van der Waals surface area contributed by atoms with Crippen LogP contribution in [0.5, 0.6) is 0 Å². The highest BCUT2D eigenvalue weighted by molar-refractivity contribution is 7.89. The molecule has 0 aliphatic rings. The summed E-state index contributed by atoms with van der Waals surface area (Å²) in [7, 11) is -0.363. The number of benzene rings is 1. The monoisotopic (exact) mass is 328 g/mol. The van der Waals surface area contributed by atoms with E-state index in [2.05, 4.69) is 5.32 Å². The number of nitrogens with one attached hydrogen (secondary N) is 1. The lowest BCUT2D eigenvalue weighted by molar-refractivity contribution is 0.0122. The Kier molecular flexibility index (Phi) is 6.15. The number of hydrogen-bond acceptors (Lipinski definition) is 4. The summed E-state index contributed by atoms with van der Waals surface area (Å²) in [4.78, 5) is 0.280. The third-order valence-electron chi connectivity index (χ3n) is 4.17. The molecular formula is C16H28N2O3S. The van der Waals surface area contributed by atoms with E-state index in [1.54, 1.807) is 24.3 Å². The van der Waals surface area contributed by atoms with Crippen molar-refractivity contribution in [3.8, 4) is 0 Å². The molecule has 0 saturated heterocycles. The van der Waals surface area contributed by atoms with E-state index in [0.29, 0.717) is 6.54 Å². The minimum atomic E-state index is -3.39. The fourth-order valence-electron chi connectivity index (χ4n) is 1.82. The second-order valence-electron chi connectivity index (χ2n) is 6.47. The molecule has 6 heteroatoms. The van der Waals surface area contributed by atoms with Crippen molar-refractivity contribution >= 4 is 10.0 Å². The summed E-state index contributed by atoms with van der Waals surface area (Å²) in [6, 6.07) is 6.87. The quantitative estimate of drug-likeness (QED) is 0.803. The number of hydrogen-bond donors (Lipinski definition) is 2. The fraction of sp³-hybridized carbons (Fsp3) is 0.625. The average Bonchev–Trinajstić information content (AvgIpc) is 2.44. The molecule has 0 aliphatic heterocycles. The molecule has 2 atom stereocenters. The van der Waals surface area contributed by atoms with E-state index in [-0.39, 0.29) is 16.9 Å². The van der Waals surface area contributed by atoms with Crippen molar-refractivity contribution in [2.24, 2.45) is 5.92 Å². The van der Waals surface area contributed by atoms with Crippen LogP contribution in [0.25, 0.3) is 0 Å². The second kappa shape index (κ2) is 7.08. The maximum absolute atomic E-state index is 12.0. The third-order valence-corrected chi connectivity index (χ3v) is 6.00. The Hall–Kier alpha value is -0.950. The van der Waals surface area contributed by atoms with Gasteiger partial charge in [-0.1, -0.05) is 26.0 Å². The molecule has 5 nitrogen and oxygen atoms in total. The summed E-state index contributed by atoms with van der Waals surface area (Å²) in [6.45, 7) is 8.24. The Morgan fingerprint density at radius 3 is 2.09 bits per heavy atom. The molecule has 2 N–H and O–H groups in total. The lowest BCUT2D eigenvalue weighted by atomic mass is 9.92. The van der Waals surface area contributed by atoms with Crippen LogP contribution in [-0.4, -0.2) is 44.1 Å². The summed E-state index contributed by atoms with van der Waals surface area (Å²) in [5.41, 5.74) is 0.208. The average molecular weight is 328 g/mol. The Balaban J connectivity index is 2.79. The largest absolute Gasteiger partial charge is 0.389 e. The normalized spacial score (nSPS) is 16.8. The summed E-state index contributed by atoms with van der Waals surface area (Å²) in [5, 5.41) is 13.5. The number of sulfonamides is 1. The van der Waals surface area contributed by atoms with Gasteiger partial charge in [-0.3, -0.25) is 0 Å². The van der Waals surface area contributed by atoms with Crippen LogP contribution in [0.2, 0.25) is 0 Å². The van der Waals surface area contributed by atoms with Gasteiger partial charge in [-0.05, 0) is 37.5 Å². The van der Waals surface area contributed by atoms with Gasteiger partial charge in [0.25, 0.3) is 0 Å². The molecule has 126 valence electrons. The van der Waals surface area contributed by atoms with Crippen LogP contribution >= 0.6 is 0 Å². The molecule has 1 rings (SSSR count). The zero-order valence-corrected chi connectivity index (χ0v) is 15.1. The first-order chi connectivity index (χ1) is 9.98. The van der Waals surface area contributed by atoms with E-state index < -0.39 is 15.6 Å². The van der Waals surface area contributed by atoms with Crippen LogP contribution in [0.1, 0.15) is 39.3 Å². The van der Waals surface area contributed by atoms with Gasteiger partial charge in [0.15, 0.2) is 0 Å². The maximum atomic E-state index is 12.0. The summed E-state index contributed by atoms with van der Waals surface area (Å²) in [5.74, 6) is 0.153. The van der Waals surface area contributed by atoms with E-state index in [9.17, 15) is 13.5 Å². The molecule has 1 aromatic rings. The summed E-state index contributed by atoms with van der Waals surface area (Å²) < 4.78 is 25.2. The Morgan fingerprint density at radius 2 is 1.68 bits per heavy atom. The van der Waals surface area contributed by atoms with Gasteiger partial charge in [0.2, 0.25) is 10.0 Å². The second-order valence-corrected chi connectivity index (χ2v) is 8.62. The molecular weight excluding hydrogens is 300 g/mol. The van der Waals surface area contributed by atoms with Gasteiger partial charge in [-0.2, -0.15) is 0 Å². The van der Waals surface area contributed by atoms with Gasteiger partial charge in [-0.15, -0.1) is 0 Å². The van der Waals surface area contributed by atoms with E-state index in [4.69, 9.17) is 0 Å². The first-order valence-corrected chi connectivity index (χ1v) is 8.90. The smallest absolute Gasteiger partial charge is 0.242 e. The zero-order chi connectivity index (χ0) is 17.1. The van der Waals surface area contributed by atoms with Crippen LogP contribution in [0.4, 0.5) is 0 Å². The fourth-order valence-corrected chi connectivity index (χ4v) is 2.72. The molecule has 0 saturated carbocycles. The molecule has 0 heterocycles.